The van der Waals surface area contributed by atoms with Crippen LogP contribution in [0.5, 0.6) is 0 Å². The Morgan fingerprint density at radius 3 is 2.76 bits per heavy atom. The zero-order valence-electron chi connectivity index (χ0n) is 15.5. The van der Waals surface area contributed by atoms with E-state index in [4.69, 9.17) is 4.63 Å². The lowest BCUT2D eigenvalue weighted by Gasteiger charge is -2.29. The Bertz CT molecular complexity index is 1160. The van der Waals surface area contributed by atoms with Crippen molar-refractivity contribution in [1.29, 1.82) is 0 Å². The maximum absolute atomic E-state index is 12.0. The number of nitrogens with zero attached hydrogens (tertiary/aromatic N) is 5. The van der Waals surface area contributed by atoms with Crippen LogP contribution in [0.3, 0.4) is 0 Å². The second-order valence-electron chi connectivity index (χ2n) is 6.69. The van der Waals surface area contributed by atoms with Crippen molar-refractivity contribution in [2.75, 3.05) is 28.3 Å². The first-order valence-electron chi connectivity index (χ1n) is 8.98. The fourth-order valence-electron chi connectivity index (χ4n) is 3.63. The summed E-state index contributed by atoms with van der Waals surface area (Å²) in [6.45, 7) is 2.38. The number of fused-ring (bicyclic) bond motifs is 1. The summed E-state index contributed by atoms with van der Waals surface area (Å²) in [6, 6.07) is 6.48. The SMILES string of the molecule is CCN(c1cc(Nc2ccccn2)c([N+](=O)[O-])c2nonc12)C1CCS(=O)(=O)C1. The summed E-state index contributed by atoms with van der Waals surface area (Å²) in [4.78, 5) is 17.2. The van der Waals surface area contributed by atoms with Crippen LogP contribution in [0.15, 0.2) is 35.1 Å². The number of aromatic nitrogens is 3. The minimum atomic E-state index is -3.11. The highest BCUT2D eigenvalue weighted by molar-refractivity contribution is 7.91. The molecule has 1 aliphatic heterocycles. The van der Waals surface area contributed by atoms with Crippen molar-refractivity contribution in [3.05, 3.63) is 40.6 Å². The van der Waals surface area contributed by atoms with Crippen molar-refractivity contribution in [1.82, 2.24) is 15.3 Å². The van der Waals surface area contributed by atoms with E-state index in [9.17, 15) is 18.5 Å². The molecule has 0 bridgehead atoms. The van der Waals surface area contributed by atoms with E-state index in [-0.39, 0.29) is 40.0 Å². The number of pyridine rings is 1. The van der Waals surface area contributed by atoms with Crippen LogP contribution in [0, 0.1) is 10.1 Å². The van der Waals surface area contributed by atoms with Crippen LogP contribution in [-0.4, -0.2) is 52.7 Å². The quantitative estimate of drug-likeness (QED) is 0.467. The minimum Gasteiger partial charge on any atom is -0.366 e. The molecule has 0 spiro atoms. The molecule has 0 radical (unpaired) electrons. The van der Waals surface area contributed by atoms with Gasteiger partial charge in [-0.2, -0.15) is 0 Å². The lowest BCUT2D eigenvalue weighted by molar-refractivity contribution is -0.382. The van der Waals surface area contributed by atoms with Gasteiger partial charge in [-0.25, -0.2) is 18.0 Å². The Balaban J connectivity index is 1.86. The lowest BCUT2D eigenvalue weighted by Crippen LogP contribution is -2.36. The van der Waals surface area contributed by atoms with Gasteiger partial charge in [0, 0.05) is 18.8 Å². The minimum absolute atomic E-state index is 0.00904. The maximum Gasteiger partial charge on any atom is 0.324 e. The van der Waals surface area contributed by atoms with Crippen molar-refractivity contribution < 1.29 is 18.0 Å². The molecule has 0 amide bonds. The van der Waals surface area contributed by atoms with Gasteiger partial charge in [-0.1, -0.05) is 6.07 Å². The van der Waals surface area contributed by atoms with E-state index in [1.54, 1.807) is 30.5 Å². The molecule has 2 aromatic heterocycles. The maximum atomic E-state index is 12.0. The molecule has 29 heavy (non-hydrogen) atoms. The largest absolute Gasteiger partial charge is 0.366 e. The molecule has 1 aromatic carbocycles. The first-order valence-corrected chi connectivity index (χ1v) is 10.8. The van der Waals surface area contributed by atoms with Gasteiger partial charge < -0.3 is 10.2 Å². The van der Waals surface area contributed by atoms with Crippen LogP contribution < -0.4 is 10.2 Å². The number of rotatable bonds is 6. The Labute approximate surface area is 165 Å². The Kier molecular flexibility index (Phi) is 4.78. The lowest BCUT2D eigenvalue weighted by atomic mass is 10.1. The highest BCUT2D eigenvalue weighted by atomic mass is 32.2. The van der Waals surface area contributed by atoms with E-state index in [0.29, 0.717) is 24.5 Å². The van der Waals surface area contributed by atoms with E-state index in [0.717, 1.165) is 0 Å². The topological polar surface area (TPSA) is 144 Å². The first-order chi connectivity index (χ1) is 13.9. The van der Waals surface area contributed by atoms with Crippen LogP contribution in [0.4, 0.5) is 22.9 Å². The number of hydrogen-bond donors (Lipinski definition) is 1. The van der Waals surface area contributed by atoms with Gasteiger partial charge in [0.2, 0.25) is 5.52 Å². The fourth-order valence-corrected chi connectivity index (χ4v) is 5.36. The van der Waals surface area contributed by atoms with Gasteiger partial charge in [0.05, 0.1) is 22.1 Å². The monoisotopic (exact) mass is 418 g/mol. The molecule has 1 N–H and O–H groups in total. The third kappa shape index (κ3) is 3.58. The highest BCUT2D eigenvalue weighted by Gasteiger charge is 2.35. The van der Waals surface area contributed by atoms with E-state index < -0.39 is 14.8 Å². The number of anilines is 3. The Morgan fingerprint density at radius 2 is 2.14 bits per heavy atom. The van der Waals surface area contributed by atoms with E-state index >= 15 is 0 Å². The molecule has 11 nitrogen and oxygen atoms in total. The van der Waals surface area contributed by atoms with Gasteiger partial charge in [0.15, 0.2) is 15.4 Å². The average Bonchev–Trinajstić information content (AvgIpc) is 3.29. The Morgan fingerprint density at radius 1 is 1.34 bits per heavy atom. The van der Waals surface area contributed by atoms with Crippen molar-refractivity contribution in [3.63, 3.8) is 0 Å². The molecule has 4 rings (SSSR count). The molecule has 1 aliphatic rings. The fraction of sp³-hybridized carbons (Fsp3) is 0.353. The van der Waals surface area contributed by atoms with E-state index in [1.165, 1.54) is 0 Å². The third-order valence-electron chi connectivity index (χ3n) is 4.90. The molecule has 12 heteroatoms. The van der Waals surface area contributed by atoms with Crippen molar-refractivity contribution in [2.24, 2.45) is 0 Å². The summed E-state index contributed by atoms with van der Waals surface area (Å²) in [5.74, 6) is 0.553. The standard InChI is InChI=1S/C17H18N6O5S/c1-2-22(11-6-8-29(26,27)10-11)13-9-12(19-14-5-3-4-7-18-14)17(23(24)25)16-15(13)20-28-21-16/h3-5,7,9,11H,2,6,8,10H2,1H3,(H,18,19). The average molecular weight is 418 g/mol. The second-order valence-corrected chi connectivity index (χ2v) is 8.92. The van der Waals surface area contributed by atoms with Crippen molar-refractivity contribution >= 4 is 43.8 Å². The molecule has 1 saturated heterocycles. The van der Waals surface area contributed by atoms with Crippen molar-refractivity contribution in [3.8, 4) is 0 Å². The molecule has 0 saturated carbocycles. The van der Waals surface area contributed by atoms with Crippen LogP contribution in [-0.2, 0) is 9.84 Å². The molecule has 3 heterocycles. The van der Waals surface area contributed by atoms with Crippen LogP contribution >= 0.6 is 0 Å². The summed E-state index contributed by atoms with van der Waals surface area (Å²) in [7, 11) is -3.11. The van der Waals surface area contributed by atoms with E-state index in [1.807, 2.05) is 11.8 Å². The first kappa shape index (κ1) is 19.1. The molecular formula is C17H18N6O5S. The summed E-state index contributed by atoms with van der Waals surface area (Å²) in [5, 5.41) is 22.3. The van der Waals surface area contributed by atoms with Gasteiger partial charge in [-0.3, -0.25) is 10.1 Å². The van der Waals surface area contributed by atoms with Gasteiger partial charge in [-0.15, -0.1) is 0 Å². The van der Waals surface area contributed by atoms with Gasteiger partial charge >= 0.3 is 5.69 Å². The number of hydrogen-bond acceptors (Lipinski definition) is 10. The smallest absolute Gasteiger partial charge is 0.324 e. The molecule has 1 unspecified atom stereocenters. The zero-order chi connectivity index (χ0) is 20.6. The number of benzene rings is 1. The third-order valence-corrected chi connectivity index (χ3v) is 6.65. The molecular weight excluding hydrogens is 400 g/mol. The predicted molar refractivity (Wildman–Crippen MR) is 106 cm³/mol. The summed E-state index contributed by atoms with van der Waals surface area (Å²) < 4.78 is 28.8. The van der Waals surface area contributed by atoms with Gasteiger partial charge in [0.25, 0.3) is 0 Å². The van der Waals surface area contributed by atoms with E-state index in [2.05, 4.69) is 20.6 Å². The second kappa shape index (κ2) is 7.28. The number of nitro benzene ring substituents is 1. The summed E-state index contributed by atoms with van der Waals surface area (Å²) in [5.41, 5.74) is 0.617. The van der Waals surface area contributed by atoms with Crippen LogP contribution in [0.2, 0.25) is 0 Å². The molecule has 1 fully saturated rings. The Hall–Kier alpha value is -3.28. The normalized spacial score (nSPS) is 18.0. The van der Waals surface area contributed by atoms with Crippen molar-refractivity contribution in [2.45, 2.75) is 19.4 Å². The molecule has 1 atom stereocenters. The summed E-state index contributed by atoms with van der Waals surface area (Å²) in [6.07, 6.45) is 2.04. The van der Waals surface area contributed by atoms with Crippen LogP contribution in [0.1, 0.15) is 13.3 Å². The van der Waals surface area contributed by atoms with Crippen LogP contribution in [0.25, 0.3) is 11.0 Å². The number of sulfone groups is 1. The molecule has 152 valence electrons. The highest BCUT2D eigenvalue weighted by Crippen LogP contribution is 2.40. The van der Waals surface area contributed by atoms with Gasteiger partial charge in [-0.05, 0) is 41.9 Å². The number of nitrogens with one attached hydrogen (secondary N) is 1. The number of nitro groups is 1. The molecule has 3 aromatic rings. The van der Waals surface area contributed by atoms with Gasteiger partial charge in [0.1, 0.15) is 11.5 Å². The predicted octanol–water partition coefficient (Wildman–Crippen LogP) is 2.28. The molecule has 0 aliphatic carbocycles. The zero-order valence-corrected chi connectivity index (χ0v) is 16.3. The summed E-state index contributed by atoms with van der Waals surface area (Å²) >= 11 is 0.